The summed E-state index contributed by atoms with van der Waals surface area (Å²) < 4.78 is 7.39. The van der Waals surface area contributed by atoms with Crippen molar-refractivity contribution in [2.75, 3.05) is 13.2 Å². The topological polar surface area (TPSA) is 63.2 Å². The van der Waals surface area contributed by atoms with Crippen LogP contribution in [-0.2, 0) is 5.54 Å². The van der Waals surface area contributed by atoms with E-state index in [1.54, 1.807) is 11.3 Å². The zero-order valence-corrected chi connectivity index (χ0v) is 25.0. The fourth-order valence-electron chi connectivity index (χ4n) is 5.57. The first-order valence-corrected chi connectivity index (χ1v) is 15.4. The van der Waals surface area contributed by atoms with Crippen LogP contribution < -0.4 is 15.4 Å². The molecule has 0 radical (unpaired) electrons. The molecule has 7 heteroatoms. The molecule has 39 heavy (non-hydrogen) atoms. The van der Waals surface area contributed by atoms with Crippen LogP contribution in [0.2, 0.25) is 0 Å². The van der Waals surface area contributed by atoms with E-state index < -0.39 is 5.54 Å². The minimum absolute atomic E-state index is 0.0536. The molecule has 1 saturated heterocycles. The fourth-order valence-corrected chi connectivity index (χ4v) is 7.26. The monoisotopic (exact) mass is 549 g/mol. The lowest BCUT2D eigenvalue weighted by Crippen LogP contribution is -2.61. The Balaban J connectivity index is 1.22. The van der Waals surface area contributed by atoms with Gasteiger partial charge in [-0.1, -0.05) is 30.3 Å². The van der Waals surface area contributed by atoms with Gasteiger partial charge in [-0.3, -0.25) is 9.78 Å². The molecule has 2 aromatic heterocycles. The van der Waals surface area contributed by atoms with Gasteiger partial charge < -0.3 is 15.4 Å². The minimum Gasteiger partial charge on any atom is -0.492 e. The van der Waals surface area contributed by atoms with Gasteiger partial charge in [-0.05, 0) is 97.3 Å². The van der Waals surface area contributed by atoms with Gasteiger partial charge in [-0.15, -0.1) is 11.3 Å². The summed E-state index contributed by atoms with van der Waals surface area (Å²) in [5.74, 6) is 0.697. The van der Waals surface area contributed by atoms with Crippen LogP contribution in [0.5, 0.6) is 5.75 Å². The second-order valence-electron chi connectivity index (χ2n) is 11.3. The summed E-state index contributed by atoms with van der Waals surface area (Å²) in [6.45, 7) is 3.70. The first-order chi connectivity index (χ1) is 18.9. The molecule has 3 aromatic carbocycles. The maximum absolute atomic E-state index is 13.7. The van der Waals surface area contributed by atoms with Crippen molar-refractivity contribution in [2.45, 2.75) is 36.9 Å². The number of nitrogens with zero attached hydrogens (tertiary/aromatic N) is 1. The molecule has 2 aliphatic rings. The Bertz CT molecular complexity index is 1710. The van der Waals surface area contributed by atoms with Crippen LogP contribution in [-0.4, -0.2) is 39.4 Å². The first-order valence-electron chi connectivity index (χ1n) is 13.6. The lowest BCUT2D eigenvalue weighted by molar-refractivity contribution is 0.0930. The number of hydrogen-bond acceptors (Lipinski definition) is 5. The van der Waals surface area contributed by atoms with Crippen molar-refractivity contribution >= 4 is 48.5 Å². The Labute approximate surface area is 235 Å². The number of thiophene rings is 1. The number of ether oxygens (including phenoxy) is 1. The first kappa shape index (κ1) is 24.5. The third-order valence-electron chi connectivity index (χ3n) is 8.29. The lowest BCUT2D eigenvalue weighted by Gasteiger charge is -2.39. The number of nitrogens with one attached hydrogen (secondary N) is 2. The van der Waals surface area contributed by atoms with Crippen molar-refractivity contribution in [1.29, 1.82) is 0 Å². The van der Waals surface area contributed by atoms with Crippen molar-refractivity contribution in [3.05, 3.63) is 95.7 Å². The predicted molar refractivity (Wildman–Crippen MR) is 163 cm³/mol. The summed E-state index contributed by atoms with van der Waals surface area (Å²) in [4.78, 5) is 19.7. The van der Waals surface area contributed by atoms with Crippen LogP contribution in [0.3, 0.4) is 0 Å². The number of amides is 1. The van der Waals surface area contributed by atoms with E-state index in [0.29, 0.717) is 12.2 Å². The van der Waals surface area contributed by atoms with Crippen LogP contribution in [0.15, 0.2) is 79.0 Å². The Morgan fingerprint density at radius 2 is 1.92 bits per heavy atom. The average molecular weight is 550 g/mol. The maximum atomic E-state index is 13.7. The third kappa shape index (κ3) is 4.54. The van der Waals surface area contributed by atoms with E-state index in [2.05, 4.69) is 59.2 Å². The summed E-state index contributed by atoms with van der Waals surface area (Å²) in [5, 5.41) is 9.42. The fraction of sp³-hybridized carbons (Fsp3) is 0.250. The summed E-state index contributed by atoms with van der Waals surface area (Å²) >= 11 is 1.79. The molecule has 2 fully saturated rings. The molecule has 0 bridgehead atoms. The van der Waals surface area contributed by atoms with Gasteiger partial charge in [0, 0.05) is 42.1 Å². The molecule has 196 valence electrons. The smallest absolute Gasteiger partial charge is 0.252 e. The van der Waals surface area contributed by atoms with Gasteiger partial charge >= 0.3 is 0 Å². The highest BCUT2D eigenvalue weighted by Gasteiger charge is 2.47. The van der Waals surface area contributed by atoms with Crippen molar-refractivity contribution in [2.24, 2.45) is 0 Å². The van der Waals surface area contributed by atoms with Gasteiger partial charge in [0.1, 0.15) is 12.4 Å². The molecule has 0 spiro atoms. The Hall–Kier alpha value is -3.52. The number of carbonyl (C=O) groups is 1. The summed E-state index contributed by atoms with van der Waals surface area (Å²) in [6, 6.07) is 25.1. The van der Waals surface area contributed by atoms with E-state index in [1.807, 2.05) is 37.4 Å². The molecule has 1 aliphatic heterocycles. The number of aryl methyl sites for hydroxylation is 1. The molecule has 1 unspecified atom stereocenters. The molecule has 1 aliphatic carbocycles. The SMILES string of the molecule is Cc1ccc(OCC2([SiH3])CCN2)cc1C(=O)NC1(c2cc(-c3cc4ccccc4s3)cc3ncccc23)CC1. The van der Waals surface area contributed by atoms with Gasteiger partial charge in [-0.25, -0.2) is 0 Å². The molecule has 7 rings (SSSR count). The highest BCUT2D eigenvalue weighted by atomic mass is 32.1. The van der Waals surface area contributed by atoms with E-state index in [9.17, 15) is 4.79 Å². The van der Waals surface area contributed by atoms with Crippen molar-refractivity contribution in [3.8, 4) is 16.2 Å². The number of pyridine rings is 1. The molecule has 1 atom stereocenters. The highest BCUT2D eigenvalue weighted by molar-refractivity contribution is 7.22. The van der Waals surface area contributed by atoms with Crippen LogP contribution in [0.4, 0.5) is 0 Å². The van der Waals surface area contributed by atoms with Gasteiger partial charge in [0.25, 0.3) is 5.91 Å². The Morgan fingerprint density at radius 1 is 1.08 bits per heavy atom. The van der Waals surface area contributed by atoms with Crippen molar-refractivity contribution in [3.63, 3.8) is 0 Å². The maximum Gasteiger partial charge on any atom is 0.252 e. The summed E-state index contributed by atoms with van der Waals surface area (Å²) in [7, 11) is 1.04. The second kappa shape index (κ2) is 9.29. The van der Waals surface area contributed by atoms with Crippen molar-refractivity contribution in [1.82, 2.24) is 15.6 Å². The Kier molecular flexibility index (Phi) is 5.84. The standard InChI is InChI=1S/C32H31N3O2SSi/c1-20-8-9-23(37-19-32(39)12-14-34-32)18-25(20)30(36)35-31(10-11-31)26-15-22(16-27-24(26)6-4-13-33-27)29-17-21-5-2-3-7-28(21)38-29/h2-9,13,15-18,34H,10-12,14,19H2,1,39H3,(H,35,36). The highest BCUT2D eigenvalue weighted by Crippen LogP contribution is 2.49. The number of aromatic nitrogens is 1. The summed E-state index contributed by atoms with van der Waals surface area (Å²) in [6.07, 6.45) is 4.81. The Morgan fingerprint density at radius 3 is 2.69 bits per heavy atom. The average Bonchev–Trinajstić information content (AvgIpc) is 3.58. The third-order valence-corrected chi connectivity index (χ3v) is 10.6. The molecular weight excluding hydrogens is 519 g/mol. The van der Waals surface area contributed by atoms with E-state index >= 15 is 0 Å². The predicted octanol–water partition coefficient (Wildman–Crippen LogP) is 5.28. The van der Waals surface area contributed by atoms with Crippen LogP contribution in [0, 0.1) is 6.92 Å². The molecule has 3 heterocycles. The van der Waals surface area contributed by atoms with Crippen LogP contribution in [0.25, 0.3) is 31.4 Å². The van der Waals surface area contributed by atoms with E-state index in [-0.39, 0.29) is 11.1 Å². The normalized spacial score (nSPS) is 19.6. The molecule has 5 nitrogen and oxygen atoms in total. The zero-order chi connectivity index (χ0) is 26.6. The number of rotatable bonds is 7. The molecule has 2 N–H and O–H groups in total. The van der Waals surface area contributed by atoms with Gasteiger partial charge in [-0.2, -0.15) is 0 Å². The van der Waals surface area contributed by atoms with Crippen LogP contribution >= 0.6 is 11.3 Å². The zero-order valence-electron chi connectivity index (χ0n) is 22.2. The number of benzene rings is 3. The molecule has 1 amide bonds. The quantitative estimate of drug-likeness (QED) is 0.271. The minimum atomic E-state index is -0.400. The summed E-state index contributed by atoms with van der Waals surface area (Å²) in [5.41, 5.74) is 4.47. The van der Waals surface area contributed by atoms with Gasteiger partial charge in [0.15, 0.2) is 0 Å². The molecule has 5 aromatic rings. The number of fused-ring (bicyclic) bond motifs is 2. The lowest BCUT2D eigenvalue weighted by atomic mass is 9.95. The second-order valence-corrected chi connectivity index (χ2v) is 14.3. The number of carbonyl (C=O) groups excluding carboxylic acids is 1. The van der Waals surface area contributed by atoms with E-state index in [0.717, 1.165) is 69.4 Å². The van der Waals surface area contributed by atoms with Gasteiger partial charge in [0.05, 0.1) is 11.1 Å². The van der Waals surface area contributed by atoms with Gasteiger partial charge in [0.2, 0.25) is 0 Å². The largest absolute Gasteiger partial charge is 0.492 e. The van der Waals surface area contributed by atoms with E-state index in [1.165, 1.54) is 15.0 Å². The van der Waals surface area contributed by atoms with Crippen molar-refractivity contribution < 1.29 is 9.53 Å². The van der Waals surface area contributed by atoms with E-state index in [4.69, 9.17) is 9.72 Å². The molecule has 1 saturated carbocycles. The molecular formula is C32H31N3O2SSi. The van der Waals surface area contributed by atoms with Crippen LogP contribution in [0.1, 0.15) is 40.7 Å². The number of hydrogen-bond donors (Lipinski definition) is 2.